The number of unbranched alkanes of at least 4 members (excludes halogenated alkanes) is 7. The zero-order valence-electron chi connectivity index (χ0n) is 22.5. The fourth-order valence-corrected chi connectivity index (χ4v) is 7.66. The third-order valence-corrected chi connectivity index (χ3v) is 9.93. The molecule has 1 N–H and O–H groups in total. The fraction of sp³-hybridized carbons (Fsp3) is 1.00. The van der Waals surface area contributed by atoms with Gasteiger partial charge in [0, 0.05) is 0 Å². The Kier molecular flexibility index (Phi) is 20.6. The molecule has 0 spiro atoms. The predicted molar refractivity (Wildman–Crippen MR) is 148 cm³/mol. The molecule has 1 aliphatic rings. The molecule has 0 aliphatic heterocycles. The summed E-state index contributed by atoms with van der Waals surface area (Å²) >= 11 is 2.17. The normalized spacial score (nSPS) is 18.9. The third kappa shape index (κ3) is 17.8. The maximum absolute atomic E-state index is 12.0. The van der Waals surface area contributed by atoms with Crippen LogP contribution in [0.15, 0.2) is 0 Å². The molecule has 0 aromatic rings. The highest BCUT2D eigenvalue weighted by Crippen LogP contribution is 2.43. The molecule has 0 heterocycles. The first-order valence-electron chi connectivity index (χ1n) is 14.7. The van der Waals surface area contributed by atoms with Crippen LogP contribution in [0.4, 0.5) is 0 Å². The Hall–Kier alpha value is 0.460. The van der Waals surface area contributed by atoms with Crippen molar-refractivity contribution in [2.24, 2.45) is 11.8 Å². The van der Waals surface area contributed by atoms with Crippen LogP contribution in [-0.4, -0.2) is 35.3 Å². The average molecular weight is 520 g/mol. The lowest BCUT2D eigenvalue weighted by Gasteiger charge is -2.26. The van der Waals surface area contributed by atoms with Crippen LogP contribution in [0.3, 0.4) is 0 Å². The molecular weight excluding hydrogens is 463 g/mol. The Morgan fingerprint density at radius 3 is 2.15 bits per heavy atom. The summed E-state index contributed by atoms with van der Waals surface area (Å²) in [7, 11) is -3.68. The van der Waals surface area contributed by atoms with Crippen molar-refractivity contribution < 1.29 is 19.1 Å². The van der Waals surface area contributed by atoms with Crippen molar-refractivity contribution in [3.05, 3.63) is 0 Å². The van der Waals surface area contributed by atoms with Crippen molar-refractivity contribution in [1.82, 2.24) is 0 Å². The predicted octanol–water partition coefficient (Wildman–Crippen LogP) is 9.42. The lowest BCUT2D eigenvalue weighted by atomic mass is 9.81. The van der Waals surface area contributed by atoms with E-state index in [4.69, 9.17) is 4.52 Å². The van der Waals surface area contributed by atoms with Crippen LogP contribution < -0.4 is 0 Å². The first kappa shape index (κ1) is 32.5. The van der Waals surface area contributed by atoms with E-state index in [1.54, 1.807) is 0 Å². The van der Waals surface area contributed by atoms with Crippen molar-refractivity contribution in [2.45, 2.75) is 142 Å². The smallest absolute Gasteiger partial charge is 0.324 e. The molecule has 1 radical (unpaired) electrons. The minimum absolute atomic E-state index is 0.246. The van der Waals surface area contributed by atoms with Gasteiger partial charge in [-0.2, -0.15) is 11.8 Å². The molecule has 3 atom stereocenters. The van der Waals surface area contributed by atoms with E-state index < -0.39 is 13.7 Å². The van der Waals surface area contributed by atoms with E-state index in [1.165, 1.54) is 108 Å². The third-order valence-electron chi connectivity index (χ3n) is 7.37. The summed E-state index contributed by atoms with van der Waals surface area (Å²) in [6.45, 7) is 4.45. The lowest BCUT2D eigenvalue weighted by Crippen LogP contribution is -2.15. The van der Waals surface area contributed by atoms with Gasteiger partial charge in [0.15, 0.2) is 0 Å². The average Bonchev–Trinajstić information content (AvgIpc) is 3.09. The SMILES string of the molecule is CCCCCC(CCSCCCCCCCCC([O])CP(=O)(O)OCCC)C1CCCCCC1. The van der Waals surface area contributed by atoms with Crippen LogP contribution in [0, 0.1) is 11.8 Å². The quantitative estimate of drug-likeness (QED) is 0.0878. The molecule has 3 unspecified atom stereocenters. The summed E-state index contributed by atoms with van der Waals surface area (Å²) in [6, 6.07) is 0. The zero-order valence-corrected chi connectivity index (χ0v) is 24.2. The molecular formula is C28H56O4PS. The molecule has 0 amide bonds. The molecule has 1 fully saturated rings. The molecule has 34 heavy (non-hydrogen) atoms. The Balaban J connectivity index is 2.02. The highest BCUT2D eigenvalue weighted by atomic mass is 32.2. The van der Waals surface area contributed by atoms with Gasteiger partial charge in [-0.05, 0) is 49.0 Å². The second-order valence-corrected chi connectivity index (χ2v) is 13.7. The fourth-order valence-electron chi connectivity index (χ4n) is 5.31. The van der Waals surface area contributed by atoms with Crippen molar-refractivity contribution in [3.63, 3.8) is 0 Å². The highest BCUT2D eigenvalue weighted by Gasteiger charge is 2.24. The molecule has 203 valence electrons. The van der Waals surface area contributed by atoms with Crippen molar-refractivity contribution in [3.8, 4) is 0 Å². The molecule has 0 aromatic carbocycles. The Bertz CT molecular complexity index is 497. The molecule has 6 heteroatoms. The van der Waals surface area contributed by atoms with E-state index in [2.05, 4.69) is 18.7 Å². The van der Waals surface area contributed by atoms with Crippen LogP contribution in [0.1, 0.15) is 136 Å². The van der Waals surface area contributed by atoms with Crippen LogP contribution in [-0.2, 0) is 14.2 Å². The minimum Gasteiger partial charge on any atom is -0.324 e. The van der Waals surface area contributed by atoms with Gasteiger partial charge in [0.25, 0.3) is 0 Å². The van der Waals surface area contributed by atoms with Gasteiger partial charge in [0.05, 0.1) is 12.8 Å². The number of hydrogen-bond donors (Lipinski definition) is 1. The van der Waals surface area contributed by atoms with Crippen LogP contribution >= 0.6 is 19.4 Å². The van der Waals surface area contributed by atoms with E-state index in [0.29, 0.717) is 12.8 Å². The largest absolute Gasteiger partial charge is 0.330 e. The van der Waals surface area contributed by atoms with E-state index in [-0.39, 0.29) is 12.8 Å². The number of rotatable bonds is 22. The summed E-state index contributed by atoms with van der Waals surface area (Å²) in [5.74, 6) is 4.61. The molecule has 1 saturated carbocycles. The summed E-state index contributed by atoms with van der Waals surface area (Å²) < 4.78 is 16.7. The van der Waals surface area contributed by atoms with Gasteiger partial charge in [0.1, 0.15) is 6.10 Å². The Labute approximate surface area is 216 Å². The number of thioether (sulfide) groups is 1. The second-order valence-electron chi connectivity index (χ2n) is 10.6. The summed E-state index contributed by atoms with van der Waals surface area (Å²) in [6.07, 6.45) is 22.7. The number of hydrogen-bond acceptors (Lipinski definition) is 3. The Morgan fingerprint density at radius 1 is 0.824 bits per heavy atom. The van der Waals surface area contributed by atoms with Gasteiger partial charge < -0.3 is 9.42 Å². The summed E-state index contributed by atoms with van der Waals surface area (Å²) in [5.41, 5.74) is 0. The Morgan fingerprint density at radius 2 is 1.47 bits per heavy atom. The van der Waals surface area contributed by atoms with E-state index >= 15 is 0 Å². The lowest BCUT2D eigenvalue weighted by molar-refractivity contribution is 0.0907. The van der Waals surface area contributed by atoms with Gasteiger partial charge in [-0.1, -0.05) is 110 Å². The second kappa shape index (κ2) is 21.5. The molecule has 0 bridgehead atoms. The molecule has 1 aliphatic carbocycles. The minimum atomic E-state index is -3.68. The first-order chi connectivity index (χ1) is 16.5. The summed E-state index contributed by atoms with van der Waals surface area (Å²) in [4.78, 5) is 9.66. The zero-order chi connectivity index (χ0) is 24.9. The van der Waals surface area contributed by atoms with Gasteiger partial charge in [0.2, 0.25) is 0 Å². The standard InChI is InChI=1S/C28H56O4PS/c1-3-5-12-17-27(26-18-13-9-10-14-19-26)21-24-34-23-16-11-7-6-8-15-20-28(29)25-33(30,31)32-22-4-2/h26-28H,3-25H2,1-2H3,(H,30,31). The molecule has 0 aromatic heterocycles. The molecule has 0 saturated heterocycles. The highest BCUT2D eigenvalue weighted by molar-refractivity contribution is 7.99. The first-order valence-corrected chi connectivity index (χ1v) is 17.6. The van der Waals surface area contributed by atoms with Gasteiger partial charge in [-0.25, -0.2) is 5.11 Å². The van der Waals surface area contributed by atoms with Crippen molar-refractivity contribution >= 4 is 19.4 Å². The van der Waals surface area contributed by atoms with E-state index in [1.807, 2.05) is 6.92 Å². The van der Waals surface area contributed by atoms with Gasteiger partial charge >= 0.3 is 7.60 Å². The monoisotopic (exact) mass is 519 g/mol. The van der Waals surface area contributed by atoms with E-state index in [0.717, 1.165) is 24.7 Å². The van der Waals surface area contributed by atoms with Crippen LogP contribution in [0.5, 0.6) is 0 Å². The van der Waals surface area contributed by atoms with Crippen molar-refractivity contribution in [2.75, 3.05) is 24.3 Å². The molecule has 1 rings (SSSR count). The summed E-state index contributed by atoms with van der Waals surface area (Å²) in [5, 5.41) is 12.0. The van der Waals surface area contributed by atoms with Crippen molar-refractivity contribution in [1.29, 1.82) is 0 Å². The van der Waals surface area contributed by atoms with Gasteiger partial charge in [-0.15, -0.1) is 0 Å². The van der Waals surface area contributed by atoms with Crippen LogP contribution in [0.25, 0.3) is 0 Å². The molecule has 4 nitrogen and oxygen atoms in total. The van der Waals surface area contributed by atoms with E-state index in [9.17, 15) is 14.6 Å². The maximum atomic E-state index is 12.0. The van der Waals surface area contributed by atoms with Gasteiger partial charge in [-0.3, -0.25) is 4.57 Å². The maximum Gasteiger partial charge on any atom is 0.330 e. The van der Waals surface area contributed by atoms with Crippen LogP contribution in [0.2, 0.25) is 0 Å². The topological polar surface area (TPSA) is 66.4 Å².